The Hall–Kier alpha value is -1.09. The van der Waals surface area contributed by atoms with E-state index in [1.165, 1.54) is 11.3 Å². The largest absolute Gasteiger partial charge is 0.357 e. The first-order valence-electron chi connectivity index (χ1n) is 7.82. The van der Waals surface area contributed by atoms with E-state index in [-0.39, 0.29) is 0 Å². The Morgan fingerprint density at radius 3 is 2.30 bits per heavy atom. The third-order valence-corrected chi connectivity index (χ3v) is 3.81. The molecule has 0 saturated carbocycles. The Kier molecular flexibility index (Phi) is 6.47. The second-order valence-electron chi connectivity index (χ2n) is 6.32. The Bertz CT molecular complexity index is 413. The fraction of sp³-hybridized carbons (Fsp3) is 0.706. The zero-order valence-corrected chi connectivity index (χ0v) is 14.2. The summed E-state index contributed by atoms with van der Waals surface area (Å²) in [4.78, 5) is 7.11. The van der Waals surface area contributed by atoms with Crippen LogP contribution in [0.2, 0.25) is 0 Å². The van der Waals surface area contributed by atoms with E-state index in [4.69, 9.17) is 4.98 Å². The summed E-state index contributed by atoms with van der Waals surface area (Å²) in [6.07, 6.45) is 1.13. The van der Waals surface area contributed by atoms with Gasteiger partial charge in [0.1, 0.15) is 5.82 Å². The summed E-state index contributed by atoms with van der Waals surface area (Å²) >= 11 is 0. The highest BCUT2D eigenvalue weighted by Gasteiger charge is 2.13. The van der Waals surface area contributed by atoms with Crippen LogP contribution in [0.25, 0.3) is 0 Å². The lowest BCUT2D eigenvalue weighted by Gasteiger charge is -2.26. The van der Waals surface area contributed by atoms with E-state index < -0.39 is 0 Å². The Morgan fingerprint density at radius 1 is 1.15 bits per heavy atom. The van der Waals surface area contributed by atoms with E-state index >= 15 is 0 Å². The molecule has 0 bridgehead atoms. The summed E-state index contributed by atoms with van der Waals surface area (Å²) in [6, 6.07) is 5.46. The Balaban J connectivity index is 3.04. The van der Waals surface area contributed by atoms with Gasteiger partial charge in [-0.15, -0.1) is 0 Å². The molecule has 1 aromatic rings. The maximum Gasteiger partial charge on any atom is 0.129 e. The van der Waals surface area contributed by atoms with Crippen molar-refractivity contribution < 1.29 is 0 Å². The number of pyridine rings is 1. The number of hydrogen-bond donors (Lipinski definition) is 1. The highest BCUT2D eigenvalue weighted by atomic mass is 15.2. The molecule has 0 aliphatic rings. The molecule has 0 saturated heterocycles. The van der Waals surface area contributed by atoms with Gasteiger partial charge in [0.15, 0.2) is 0 Å². The molecular weight excluding hydrogens is 246 g/mol. The van der Waals surface area contributed by atoms with Crippen molar-refractivity contribution in [3.05, 3.63) is 23.4 Å². The van der Waals surface area contributed by atoms with Crippen LogP contribution < -0.4 is 10.2 Å². The average Bonchev–Trinajstić information content (AvgIpc) is 2.42. The fourth-order valence-electron chi connectivity index (χ4n) is 1.99. The van der Waals surface area contributed by atoms with Crippen molar-refractivity contribution in [2.24, 2.45) is 0 Å². The number of hydrogen-bond acceptors (Lipinski definition) is 3. The van der Waals surface area contributed by atoms with Crippen molar-refractivity contribution >= 4 is 5.82 Å². The lowest BCUT2D eigenvalue weighted by atomic mass is 10.1. The van der Waals surface area contributed by atoms with E-state index in [9.17, 15) is 0 Å². The summed E-state index contributed by atoms with van der Waals surface area (Å²) in [6.45, 7) is 14.1. The van der Waals surface area contributed by atoms with Crippen LogP contribution in [0.1, 0.15) is 65.1 Å². The van der Waals surface area contributed by atoms with Gasteiger partial charge in [-0.1, -0.05) is 34.6 Å². The molecule has 0 spiro atoms. The predicted octanol–water partition coefficient (Wildman–Crippen LogP) is 3.94. The van der Waals surface area contributed by atoms with Gasteiger partial charge in [0.2, 0.25) is 0 Å². The third kappa shape index (κ3) is 4.78. The number of nitrogens with zero attached hydrogens (tertiary/aromatic N) is 2. The number of aromatic nitrogens is 1. The Labute approximate surface area is 124 Å². The molecule has 1 aromatic heterocycles. The molecule has 0 amide bonds. The van der Waals surface area contributed by atoms with Gasteiger partial charge in [0.25, 0.3) is 0 Å². The molecule has 0 fully saturated rings. The van der Waals surface area contributed by atoms with Crippen LogP contribution in [0.15, 0.2) is 12.1 Å². The summed E-state index contributed by atoms with van der Waals surface area (Å²) in [5.41, 5.74) is 2.50. The molecule has 20 heavy (non-hydrogen) atoms. The van der Waals surface area contributed by atoms with Crippen LogP contribution in [-0.4, -0.2) is 24.1 Å². The van der Waals surface area contributed by atoms with Crippen molar-refractivity contribution in [2.45, 2.75) is 72.5 Å². The molecule has 1 unspecified atom stereocenters. The number of anilines is 1. The van der Waals surface area contributed by atoms with E-state index in [1.54, 1.807) is 0 Å². The summed E-state index contributed by atoms with van der Waals surface area (Å²) in [5.74, 6) is 1.55. The molecule has 0 aromatic carbocycles. The van der Waals surface area contributed by atoms with Crippen LogP contribution >= 0.6 is 0 Å². The van der Waals surface area contributed by atoms with E-state index in [2.05, 4.69) is 70.9 Å². The van der Waals surface area contributed by atoms with Crippen molar-refractivity contribution in [3.63, 3.8) is 0 Å². The maximum absolute atomic E-state index is 4.83. The second-order valence-corrected chi connectivity index (χ2v) is 6.32. The van der Waals surface area contributed by atoms with E-state index in [0.29, 0.717) is 18.0 Å². The minimum atomic E-state index is 0.457. The van der Waals surface area contributed by atoms with Crippen LogP contribution in [0, 0.1) is 0 Å². The first-order chi connectivity index (χ1) is 9.35. The van der Waals surface area contributed by atoms with E-state index in [0.717, 1.165) is 18.8 Å². The summed E-state index contributed by atoms with van der Waals surface area (Å²) < 4.78 is 0. The zero-order chi connectivity index (χ0) is 15.3. The van der Waals surface area contributed by atoms with Gasteiger partial charge in [0.05, 0.1) is 0 Å². The molecule has 0 radical (unpaired) electrons. The molecule has 1 heterocycles. The molecule has 1 atom stereocenters. The minimum Gasteiger partial charge on any atom is -0.357 e. The molecule has 3 nitrogen and oxygen atoms in total. The molecule has 3 heteroatoms. The molecular formula is C17H31N3. The highest BCUT2D eigenvalue weighted by molar-refractivity contribution is 5.43. The molecule has 114 valence electrons. The normalized spacial score (nSPS) is 13.1. The van der Waals surface area contributed by atoms with Gasteiger partial charge >= 0.3 is 0 Å². The predicted molar refractivity (Wildman–Crippen MR) is 88.5 cm³/mol. The van der Waals surface area contributed by atoms with Gasteiger partial charge in [-0.05, 0) is 37.0 Å². The number of rotatable bonds is 7. The number of nitrogens with one attached hydrogen (secondary N) is 1. The monoisotopic (exact) mass is 277 g/mol. The van der Waals surface area contributed by atoms with Crippen LogP contribution in [0.5, 0.6) is 0 Å². The topological polar surface area (TPSA) is 28.2 Å². The maximum atomic E-state index is 4.83. The molecule has 0 aliphatic carbocycles. The first-order valence-corrected chi connectivity index (χ1v) is 7.82. The second kappa shape index (κ2) is 7.63. The molecule has 1 rings (SSSR count). The van der Waals surface area contributed by atoms with Crippen molar-refractivity contribution in [1.29, 1.82) is 0 Å². The van der Waals surface area contributed by atoms with Crippen LogP contribution in [-0.2, 0) is 6.54 Å². The van der Waals surface area contributed by atoms with Crippen LogP contribution in [0.4, 0.5) is 5.82 Å². The SMILES string of the molecule is CCC(C)N(C)c1cc(CNC(C)C)cc(C(C)C)n1. The lowest BCUT2D eigenvalue weighted by Crippen LogP contribution is -2.29. The van der Waals surface area contributed by atoms with E-state index in [1.807, 2.05) is 0 Å². The van der Waals surface area contributed by atoms with Crippen molar-refractivity contribution in [2.75, 3.05) is 11.9 Å². The molecule has 0 aliphatic heterocycles. The fourth-order valence-corrected chi connectivity index (χ4v) is 1.99. The van der Waals surface area contributed by atoms with Gasteiger partial charge in [-0.2, -0.15) is 0 Å². The first kappa shape index (κ1) is 17.0. The van der Waals surface area contributed by atoms with Gasteiger partial charge in [-0.25, -0.2) is 4.98 Å². The van der Waals surface area contributed by atoms with Gasteiger partial charge in [0, 0.05) is 31.4 Å². The molecule has 1 N–H and O–H groups in total. The van der Waals surface area contributed by atoms with Crippen LogP contribution in [0.3, 0.4) is 0 Å². The third-order valence-electron chi connectivity index (χ3n) is 3.81. The highest BCUT2D eigenvalue weighted by Crippen LogP contribution is 2.21. The minimum absolute atomic E-state index is 0.457. The smallest absolute Gasteiger partial charge is 0.129 e. The average molecular weight is 277 g/mol. The Morgan fingerprint density at radius 2 is 1.80 bits per heavy atom. The zero-order valence-electron chi connectivity index (χ0n) is 14.2. The van der Waals surface area contributed by atoms with Gasteiger partial charge in [-0.3, -0.25) is 0 Å². The van der Waals surface area contributed by atoms with Crippen molar-refractivity contribution in [3.8, 4) is 0 Å². The summed E-state index contributed by atoms with van der Waals surface area (Å²) in [7, 11) is 2.14. The quantitative estimate of drug-likeness (QED) is 0.818. The van der Waals surface area contributed by atoms with Gasteiger partial charge < -0.3 is 10.2 Å². The standard InChI is InChI=1S/C17H31N3/c1-8-14(6)20(7)17-10-15(11-18-13(4)5)9-16(19-17)12(2)3/h9-10,12-14,18H,8,11H2,1-7H3. The lowest BCUT2D eigenvalue weighted by molar-refractivity contribution is 0.586. The van der Waals surface area contributed by atoms with Crippen molar-refractivity contribution in [1.82, 2.24) is 10.3 Å². The summed E-state index contributed by atoms with van der Waals surface area (Å²) in [5, 5.41) is 3.49.